The molecule has 1 heterocycles. The highest BCUT2D eigenvalue weighted by Crippen LogP contribution is 2.18. The number of methoxy groups -OCH3 is 1. The van der Waals surface area contributed by atoms with E-state index in [4.69, 9.17) is 16.3 Å². The molecule has 0 radical (unpaired) electrons. The Morgan fingerprint density at radius 3 is 2.79 bits per heavy atom. The first-order chi connectivity index (χ1) is 9.10. The van der Waals surface area contributed by atoms with Gasteiger partial charge < -0.3 is 4.74 Å². The summed E-state index contributed by atoms with van der Waals surface area (Å²) in [5.41, 5.74) is 2.14. The van der Waals surface area contributed by atoms with Gasteiger partial charge in [-0.05, 0) is 18.6 Å². The van der Waals surface area contributed by atoms with Crippen LogP contribution in [-0.2, 0) is 6.42 Å². The second-order valence-corrected chi connectivity index (χ2v) is 4.52. The number of Topliss-reactive ketones (excluding diaryl/α,β-unsaturated/α-hetero) is 1. The Hall–Kier alpha value is -1.94. The van der Waals surface area contributed by atoms with Crippen LogP contribution in [0.4, 0.5) is 0 Å². The van der Waals surface area contributed by atoms with E-state index >= 15 is 0 Å². The second kappa shape index (κ2) is 5.80. The second-order valence-electron chi connectivity index (χ2n) is 4.12. The van der Waals surface area contributed by atoms with Crippen molar-refractivity contribution in [3.8, 4) is 5.88 Å². The predicted molar refractivity (Wildman–Crippen MR) is 72.8 cm³/mol. The van der Waals surface area contributed by atoms with Gasteiger partial charge in [0.1, 0.15) is 6.33 Å². The van der Waals surface area contributed by atoms with E-state index in [1.54, 1.807) is 18.2 Å². The normalized spacial score (nSPS) is 10.3. The van der Waals surface area contributed by atoms with Crippen molar-refractivity contribution < 1.29 is 9.53 Å². The molecule has 4 nitrogen and oxygen atoms in total. The molecular formula is C14H13ClN2O2. The first kappa shape index (κ1) is 13.5. The van der Waals surface area contributed by atoms with E-state index in [0.717, 1.165) is 5.56 Å². The van der Waals surface area contributed by atoms with E-state index in [-0.39, 0.29) is 12.2 Å². The third-order valence-electron chi connectivity index (χ3n) is 2.74. The van der Waals surface area contributed by atoms with Gasteiger partial charge in [0.2, 0.25) is 5.88 Å². The smallest absolute Gasteiger partial charge is 0.216 e. The Labute approximate surface area is 116 Å². The lowest BCUT2D eigenvalue weighted by Crippen LogP contribution is -2.06. The van der Waals surface area contributed by atoms with Gasteiger partial charge in [-0.25, -0.2) is 9.97 Å². The zero-order chi connectivity index (χ0) is 13.8. The highest BCUT2D eigenvalue weighted by molar-refractivity contribution is 6.31. The van der Waals surface area contributed by atoms with Crippen LogP contribution in [0, 0.1) is 6.92 Å². The zero-order valence-electron chi connectivity index (χ0n) is 10.7. The summed E-state index contributed by atoms with van der Waals surface area (Å²) in [6.07, 6.45) is 1.57. The maximum absolute atomic E-state index is 12.1. The van der Waals surface area contributed by atoms with Crippen LogP contribution in [0.25, 0.3) is 0 Å². The minimum absolute atomic E-state index is 0.0392. The molecule has 1 aromatic carbocycles. The molecule has 0 aliphatic heterocycles. The maximum Gasteiger partial charge on any atom is 0.216 e. The largest absolute Gasteiger partial charge is 0.481 e. The number of hydrogen-bond acceptors (Lipinski definition) is 4. The molecule has 19 heavy (non-hydrogen) atoms. The Bertz CT molecular complexity index is 614. The summed E-state index contributed by atoms with van der Waals surface area (Å²) in [5, 5.41) is 0.589. The molecule has 0 fully saturated rings. The van der Waals surface area contributed by atoms with Gasteiger partial charge in [0.15, 0.2) is 5.78 Å². The molecule has 0 saturated carbocycles. The Kier molecular flexibility index (Phi) is 4.12. The molecule has 0 saturated heterocycles. The third-order valence-corrected chi connectivity index (χ3v) is 3.15. The van der Waals surface area contributed by atoms with Gasteiger partial charge in [0, 0.05) is 16.7 Å². The van der Waals surface area contributed by atoms with Crippen molar-refractivity contribution in [1.29, 1.82) is 0 Å². The standard InChI is InChI=1S/C14H13ClN2O2/c1-9-3-4-10(5-12(9)15)13(18)6-11-7-14(19-2)17-8-16-11/h3-5,7-8H,6H2,1-2H3. The fraction of sp³-hybridized carbons (Fsp3) is 0.214. The van der Waals surface area contributed by atoms with Crippen LogP contribution in [0.2, 0.25) is 5.02 Å². The third kappa shape index (κ3) is 3.29. The van der Waals surface area contributed by atoms with Gasteiger partial charge in [-0.2, -0.15) is 0 Å². The van der Waals surface area contributed by atoms with Crippen LogP contribution in [0.1, 0.15) is 21.6 Å². The van der Waals surface area contributed by atoms with E-state index in [1.807, 2.05) is 13.0 Å². The van der Waals surface area contributed by atoms with Gasteiger partial charge in [-0.3, -0.25) is 4.79 Å². The fourth-order valence-electron chi connectivity index (χ4n) is 1.62. The molecule has 0 spiro atoms. The van der Waals surface area contributed by atoms with Crippen molar-refractivity contribution >= 4 is 17.4 Å². The molecule has 98 valence electrons. The number of aromatic nitrogens is 2. The molecule has 5 heteroatoms. The maximum atomic E-state index is 12.1. The average molecular weight is 277 g/mol. The minimum Gasteiger partial charge on any atom is -0.481 e. The van der Waals surface area contributed by atoms with Crippen LogP contribution in [0.15, 0.2) is 30.6 Å². The molecule has 0 N–H and O–H groups in total. The van der Waals surface area contributed by atoms with Crippen LogP contribution in [0.3, 0.4) is 0 Å². The summed E-state index contributed by atoms with van der Waals surface area (Å²) in [6.45, 7) is 1.89. The van der Waals surface area contributed by atoms with Crippen molar-refractivity contribution in [2.75, 3.05) is 7.11 Å². The number of ether oxygens (including phenoxy) is 1. The molecule has 0 aliphatic rings. The highest BCUT2D eigenvalue weighted by Gasteiger charge is 2.10. The molecule has 0 aliphatic carbocycles. The van der Waals surface area contributed by atoms with Crippen molar-refractivity contribution in [2.24, 2.45) is 0 Å². The molecular weight excluding hydrogens is 264 g/mol. The number of halogens is 1. The molecule has 0 atom stereocenters. The Morgan fingerprint density at radius 2 is 2.11 bits per heavy atom. The summed E-state index contributed by atoms with van der Waals surface area (Å²) in [4.78, 5) is 20.1. The summed E-state index contributed by atoms with van der Waals surface area (Å²) in [6, 6.07) is 6.92. The monoisotopic (exact) mass is 276 g/mol. The number of hydrogen-bond donors (Lipinski definition) is 0. The number of carbonyl (C=O) groups excluding carboxylic acids is 1. The van der Waals surface area contributed by atoms with Crippen LogP contribution in [0.5, 0.6) is 5.88 Å². The van der Waals surface area contributed by atoms with Gasteiger partial charge in [0.05, 0.1) is 19.2 Å². The quantitative estimate of drug-likeness (QED) is 0.806. The van der Waals surface area contributed by atoms with Gasteiger partial charge in [-0.15, -0.1) is 0 Å². The van der Waals surface area contributed by atoms with E-state index < -0.39 is 0 Å². The topological polar surface area (TPSA) is 52.1 Å². The first-order valence-corrected chi connectivity index (χ1v) is 6.12. The summed E-state index contributed by atoms with van der Waals surface area (Å²) in [5.74, 6) is 0.405. The molecule has 0 unspecified atom stereocenters. The number of carbonyl (C=O) groups is 1. The molecule has 0 amide bonds. The molecule has 1 aromatic heterocycles. The summed E-state index contributed by atoms with van der Waals surface area (Å²) < 4.78 is 4.99. The van der Waals surface area contributed by atoms with Crippen molar-refractivity contribution in [1.82, 2.24) is 9.97 Å². The summed E-state index contributed by atoms with van der Waals surface area (Å²) >= 11 is 6.01. The number of rotatable bonds is 4. The van der Waals surface area contributed by atoms with Crippen LogP contribution in [-0.4, -0.2) is 22.9 Å². The highest BCUT2D eigenvalue weighted by atomic mass is 35.5. The lowest BCUT2D eigenvalue weighted by Gasteiger charge is -2.04. The minimum atomic E-state index is -0.0392. The van der Waals surface area contributed by atoms with Crippen molar-refractivity contribution in [2.45, 2.75) is 13.3 Å². The lowest BCUT2D eigenvalue weighted by molar-refractivity contribution is 0.0992. The first-order valence-electron chi connectivity index (χ1n) is 5.74. The van der Waals surface area contributed by atoms with E-state index in [9.17, 15) is 4.79 Å². The number of ketones is 1. The summed E-state index contributed by atoms with van der Waals surface area (Å²) in [7, 11) is 1.52. The van der Waals surface area contributed by atoms with Crippen molar-refractivity contribution in [3.05, 3.63) is 52.4 Å². The predicted octanol–water partition coefficient (Wildman–Crippen LogP) is 2.87. The van der Waals surface area contributed by atoms with Gasteiger partial charge in [-0.1, -0.05) is 23.7 Å². The zero-order valence-corrected chi connectivity index (χ0v) is 11.4. The van der Waals surface area contributed by atoms with E-state index in [1.165, 1.54) is 13.4 Å². The van der Waals surface area contributed by atoms with Crippen LogP contribution >= 0.6 is 11.6 Å². The Morgan fingerprint density at radius 1 is 1.32 bits per heavy atom. The SMILES string of the molecule is COc1cc(CC(=O)c2ccc(C)c(Cl)c2)ncn1. The van der Waals surface area contributed by atoms with Gasteiger partial charge in [0.25, 0.3) is 0 Å². The average Bonchev–Trinajstić information content (AvgIpc) is 2.42. The van der Waals surface area contributed by atoms with Crippen LogP contribution < -0.4 is 4.74 Å². The Balaban J connectivity index is 2.18. The number of benzene rings is 1. The lowest BCUT2D eigenvalue weighted by atomic mass is 10.0. The van der Waals surface area contributed by atoms with E-state index in [2.05, 4.69) is 9.97 Å². The van der Waals surface area contributed by atoms with E-state index in [0.29, 0.717) is 22.2 Å². The molecule has 2 aromatic rings. The van der Waals surface area contributed by atoms with Crippen molar-refractivity contribution in [3.63, 3.8) is 0 Å². The molecule has 2 rings (SSSR count). The molecule has 0 bridgehead atoms. The number of nitrogens with zero attached hydrogens (tertiary/aromatic N) is 2. The fourth-order valence-corrected chi connectivity index (χ4v) is 1.80. The van der Waals surface area contributed by atoms with Gasteiger partial charge >= 0.3 is 0 Å². The number of aryl methyl sites for hydroxylation is 1.